The van der Waals surface area contributed by atoms with Gasteiger partial charge in [-0.25, -0.2) is 0 Å². The van der Waals surface area contributed by atoms with E-state index in [9.17, 15) is 4.79 Å². The van der Waals surface area contributed by atoms with Gasteiger partial charge < -0.3 is 9.64 Å². The van der Waals surface area contributed by atoms with E-state index in [1.54, 1.807) is 0 Å². The second-order valence-corrected chi connectivity index (χ2v) is 6.13. The lowest BCUT2D eigenvalue weighted by molar-refractivity contribution is -0.139. The van der Waals surface area contributed by atoms with Crippen molar-refractivity contribution in [3.63, 3.8) is 0 Å². The quantitative estimate of drug-likeness (QED) is 0.590. The fourth-order valence-corrected chi connectivity index (χ4v) is 2.81. The number of amides is 1. The third kappa shape index (κ3) is 4.47. The lowest BCUT2D eigenvalue weighted by Crippen LogP contribution is -2.42. The highest BCUT2D eigenvalue weighted by Crippen LogP contribution is 2.24. The van der Waals surface area contributed by atoms with Gasteiger partial charge in [0.1, 0.15) is 6.10 Å². The molecular formula is C15H19BrClNO2. The third-order valence-electron chi connectivity index (χ3n) is 3.44. The summed E-state index contributed by atoms with van der Waals surface area (Å²) in [5, 5.41) is 1.67. The first-order valence-electron chi connectivity index (χ1n) is 6.91. The average molecular weight is 361 g/mol. The van der Waals surface area contributed by atoms with Crippen molar-refractivity contribution in [3.8, 4) is 0 Å². The zero-order valence-corrected chi connectivity index (χ0v) is 13.7. The number of rotatable bonds is 5. The van der Waals surface area contributed by atoms with Crippen molar-refractivity contribution < 1.29 is 9.53 Å². The van der Waals surface area contributed by atoms with Crippen LogP contribution in [0.2, 0.25) is 5.02 Å². The highest BCUT2D eigenvalue weighted by molar-refractivity contribution is 9.09. The largest absolute Gasteiger partial charge is 0.370 e. The molecule has 1 saturated heterocycles. The van der Waals surface area contributed by atoms with Gasteiger partial charge in [0, 0.05) is 23.3 Å². The lowest BCUT2D eigenvalue weighted by atomic mass is 10.1. The predicted molar refractivity (Wildman–Crippen MR) is 84.4 cm³/mol. The van der Waals surface area contributed by atoms with E-state index in [4.69, 9.17) is 16.3 Å². The van der Waals surface area contributed by atoms with E-state index in [1.165, 1.54) is 0 Å². The molecule has 0 saturated carbocycles. The summed E-state index contributed by atoms with van der Waals surface area (Å²) >= 11 is 9.28. The van der Waals surface area contributed by atoms with Crippen LogP contribution in [-0.4, -0.2) is 35.8 Å². The number of hydrogen-bond donors (Lipinski definition) is 0. The molecular weight excluding hydrogens is 342 g/mol. The molecule has 0 spiro atoms. The number of halogens is 2. The van der Waals surface area contributed by atoms with E-state index in [2.05, 4.69) is 15.9 Å². The molecule has 1 unspecified atom stereocenters. The van der Waals surface area contributed by atoms with Gasteiger partial charge in [-0.3, -0.25) is 4.79 Å². The summed E-state index contributed by atoms with van der Waals surface area (Å²) in [4.78, 5) is 14.1. The maximum atomic E-state index is 12.1. The van der Waals surface area contributed by atoms with Gasteiger partial charge in [-0.15, -0.1) is 0 Å². The number of carbonyl (C=O) groups is 1. The molecule has 20 heavy (non-hydrogen) atoms. The molecule has 0 radical (unpaired) electrons. The Morgan fingerprint density at radius 2 is 2.10 bits per heavy atom. The van der Waals surface area contributed by atoms with Crippen LogP contribution < -0.4 is 0 Å². The summed E-state index contributed by atoms with van der Waals surface area (Å²) in [6, 6.07) is 7.64. The zero-order chi connectivity index (χ0) is 14.4. The van der Waals surface area contributed by atoms with Crippen LogP contribution in [0.5, 0.6) is 0 Å². The molecule has 1 fully saturated rings. The summed E-state index contributed by atoms with van der Waals surface area (Å²) in [6.45, 7) is 1.92. The van der Waals surface area contributed by atoms with Crippen LogP contribution in [0.15, 0.2) is 24.3 Å². The molecule has 1 aromatic rings. The fourth-order valence-electron chi connectivity index (χ4n) is 2.28. The van der Waals surface area contributed by atoms with Crippen LogP contribution in [0.4, 0.5) is 0 Å². The number of nitrogens with zero attached hydrogens (tertiary/aromatic N) is 1. The Morgan fingerprint density at radius 1 is 1.35 bits per heavy atom. The second-order valence-electron chi connectivity index (χ2n) is 4.90. The first-order valence-corrected chi connectivity index (χ1v) is 8.41. The second kappa shape index (κ2) is 8.01. The molecule has 1 aromatic carbocycles. The van der Waals surface area contributed by atoms with Crippen molar-refractivity contribution in [1.29, 1.82) is 0 Å². The number of ether oxygens (including phenoxy) is 1. The molecule has 0 bridgehead atoms. The molecule has 1 aliphatic heterocycles. The molecule has 110 valence electrons. The van der Waals surface area contributed by atoms with Crippen molar-refractivity contribution in [2.24, 2.45) is 0 Å². The minimum absolute atomic E-state index is 0.0406. The number of alkyl halides is 1. The van der Waals surface area contributed by atoms with Gasteiger partial charge in [-0.2, -0.15) is 0 Å². The molecule has 1 aliphatic rings. The Balaban J connectivity index is 1.91. The Bertz CT molecular complexity index is 438. The maximum absolute atomic E-state index is 12.1. The molecule has 0 aromatic heterocycles. The molecule has 5 heteroatoms. The molecule has 0 aliphatic carbocycles. The summed E-state index contributed by atoms with van der Waals surface area (Å²) in [5.41, 5.74) is 1.08. The molecule has 3 nitrogen and oxygen atoms in total. The molecule has 1 amide bonds. The number of unbranched alkanes of at least 4 members (excludes halogenated alkanes) is 1. The van der Waals surface area contributed by atoms with Crippen molar-refractivity contribution in [3.05, 3.63) is 34.9 Å². The Morgan fingerprint density at radius 3 is 2.80 bits per heavy atom. The molecule has 1 atom stereocenters. The monoisotopic (exact) mass is 359 g/mol. The van der Waals surface area contributed by atoms with E-state index in [-0.39, 0.29) is 12.0 Å². The normalized spacial score (nSPS) is 19.1. The Kier molecular flexibility index (Phi) is 6.33. The third-order valence-corrected chi connectivity index (χ3v) is 4.25. The van der Waals surface area contributed by atoms with Crippen LogP contribution in [0.1, 0.15) is 30.9 Å². The maximum Gasteiger partial charge on any atom is 0.222 e. The first-order chi connectivity index (χ1) is 9.70. The van der Waals surface area contributed by atoms with Crippen molar-refractivity contribution in [2.45, 2.75) is 25.4 Å². The summed E-state index contributed by atoms with van der Waals surface area (Å²) in [6.07, 6.45) is 2.56. The minimum Gasteiger partial charge on any atom is -0.370 e. The van der Waals surface area contributed by atoms with Gasteiger partial charge in [-0.05, 0) is 30.5 Å². The smallest absolute Gasteiger partial charge is 0.222 e. The van der Waals surface area contributed by atoms with Gasteiger partial charge in [0.05, 0.1) is 13.2 Å². The Labute approximate surface area is 133 Å². The zero-order valence-electron chi connectivity index (χ0n) is 11.4. The summed E-state index contributed by atoms with van der Waals surface area (Å²) in [5.74, 6) is 0.230. The standard InChI is InChI=1S/C15H19BrClNO2/c16-8-2-1-3-15(19)18-9-10-20-14(11-18)12-4-6-13(17)7-5-12/h4-7,14H,1-3,8-11H2. The molecule has 0 N–H and O–H groups in total. The minimum atomic E-state index is -0.0406. The highest BCUT2D eigenvalue weighted by Gasteiger charge is 2.24. The Hall–Kier alpha value is -0.580. The fraction of sp³-hybridized carbons (Fsp3) is 0.533. The van der Waals surface area contributed by atoms with Crippen molar-refractivity contribution in [2.75, 3.05) is 25.0 Å². The van der Waals surface area contributed by atoms with E-state index >= 15 is 0 Å². The number of morpholine rings is 1. The van der Waals surface area contributed by atoms with Gasteiger partial charge in [0.2, 0.25) is 5.91 Å². The lowest BCUT2D eigenvalue weighted by Gasteiger charge is -2.33. The van der Waals surface area contributed by atoms with E-state index in [1.807, 2.05) is 29.2 Å². The van der Waals surface area contributed by atoms with Gasteiger partial charge in [0.25, 0.3) is 0 Å². The van der Waals surface area contributed by atoms with Crippen LogP contribution in [0.25, 0.3) is 0 Å². The van der Waals surface area contributed by atoms with E-state index in [0.29, 0.717) is 31.1 Å². The average Bonchev–Trinajstić information content (AvgIpc) is 2.48. The van der Waals surface area contributed by atoms with E-state index in [0.717, 1.165) is 23.7 Å². The van der Waals surface area contributed by atoms with Crippen LogP contribution in [0, 0.1) is 0 Å². The molecule has 2 rings (SSSR count). The summed E-state index contributed by atoms with van der Waals surface area (Å²) < 4.78 is 5.77. The topological polar surface area (TPSA) is 29.5 Å². The van der Waals surface area contributed by atoms with Gasteiger partial charge >= 0.3 is 0 Å². The predicted octanol–water partition coefficient (Wildman–Crippen LogP) is 3.81. The SMILES string of the molecule is O=C(CCCCBr)N1CCOC(c2ccc(Cl)cc2)C1. The van der Waals surface area contributed by atoms with Gasteiger partial charge in [0.15, 0.2) is 0 Å². The van der Waals surface area contributed by atoms with Crippen molar-refractivity contribution >= 4 is 33.4 Å². The van der Waals surface area contributed by atoms with Crippen LogP contribution >= 0.6 is 27.5 Å². The first kappa shape index (κ1) is 15.8. The molecule has 1 heterocycles. The highest BCUT2D eigenvalue weighted by atomic mass is 79.9. The number of carbonyl (C=O) groups excluding carboxylic acids is 1. The van der Waals surface area contributed by atoms with Crippen LogP contribution in [0.3, 0.4) is 0 Å². The van der Waals surface area contributed by atoms with Gasteiger partial charge in [-0.1, -0.05) is 39.7 Å². The van der Waals surface area contributed by atoms with E-state index < -0.39 is 0 Å². The number of benzene rings is 1. The number of hydrogen-bond acceptors (Lipinski definition) is 2. The van der Waals surface area contributed by atoms with Crippen LogP contribution in [-0.2, 0) is 9.53 Å². The van der Waals surface area contributed by atoms with Crippen molar-refractivity contribution in [1.82, 2.24) is 4.90 Å². The summed E-state index contributed by atoms with van der Waals surface area (Å²) in [7, 11) is 0.